The molecule has 0 saturated heterocycles. The molecular weight excluding hydrogens is 472 g/mol. The summed E-state index contributed by atoms with van der Waals surface area (Å²) >= 11 is 0. The van der Waals surface area contributed by atoms with Gasteiger partial charge in [0.15, 0.2) is 5.82 Å². The molecule has 188 valence electrons. The molecule has 2 heterocycles. The van der Waals surface area contributed by atoms with E-state index in [1.807, 2.05) is 25.2 Å². The van der Waals surface area contributed by atoms with Crippen LogP contribution in [0.3, 0.4) is 0 Å². The number of carbonyl (C=O) groups excluding carboxylic acids is 1. The maximum atomic E-state index is 13.5. The quantitative estimate of drug-likeness (QED) is 0.314. The number of hydrogen-bond donors (Lipinski definition) is 2. The summed E-state index contributed by atoms with van der Waals surface area (Å²) in [5, 5.41) is 16.2. The van der Waals surface area contributed by atoms with Gasteiger partial charge in [-0.2, -0.15) is 18.2 Å². The zero-order valence-electron chi connectivity index (χ0n) is 18.8. The van der Waals surface area contributed by atoms with Crippen LogP contribution in [0.2, 0.25) is 0 Å². The number of rotatable bonds is 10. The Labute approximate surface area is 198 Å². The van der Waals surface area contributed by atoms with E-state index < -0.39 is 30.2 Å². The fraction of sp³-hybridized carbons (Fsp3) is 0.348. The molecule has 1 aromatic carbocycles. The van der Waals surface area contributed by atoms with E-state index in [0.29, 0.717) is 23.7 Å². The van der Waals surface area contributed by atoms with Gasteiger partial charge in [-0.25, -0.2) is 9.37 Å². The van der Waals surface area contributed by atoms with Crippen LogP contribution in [0.15, 0.2) is 47.0 Å². The number of pyridine rings is 1. The lowest BCUT2D eigenvalue weighted by Gasteiger charge is -2.13. The smallest absolute Gasteiger partial charge is 0.446 e. The predicted molar refractivity (Wildman–Crippen MR) is 117 cm³/mol. The third-order valence-electron chi connectivity index (χ3n) is 4.70. The van der Waals surface area contributed by atoms with Gasteiger partial charge in [-0.15, -0.1) is 0 Å². The number of nitrogens with one attached hydrogen (secondary N) is 1. The normalized spacial score (nSPS) is 11.8. The molecule has 0 aliphatic heterocycles. The SMILES string of the molecule is CNc1cccc(CCCc2noc(CC(CC(=O)O)c3cccc(F)c3)n2)n1.O=CC(F)(F)F. The van der Waals surface area contributed by atoms with Crippen LogP contribution in [0, 0.1) is 5.82 Å². The van der Waals surface area contributed by atoms with Crippen molar-refractivity contribution in [3.63, 3.8) is 0 Å². The van der Waals surface area contributed by atoms with Gasteiger partial charge in [0.05, 0.1) is 6.42 Å². The van der Waals surface area contributed by atoms with E-state index in [0.717, 1.165) is 24.4 Å². The van der Waals surface area contributed by atoms with E-state index in [-0.39, 0.29) is 12.8 Å². The molecular formula is C23H24F4N4O4. The number of carboxylic acids is 1. The van der Waals surface area contributed by atoms with Gasteiger partial charge in [-0.05, 0) is 42.7 Å². The van der Waals surface area contributed by atoms with Crippen LogP contribution >= 0.6 is 0 Å². The van der Waals surface area contributed by atoms with Crippen molar-refractivity contribution < 1.29 is 36.8 Å². The van der Waals surface area contributed by atoms with Gasteiger partial charge in [-0.1, -0.05) is 23.4 Å². The highest BCUT2D eigenvalue weighted by Gasteiger charge is 2.25. The zero-order valence-corrected chi connectivity index (χ0v) is 18.8. The Morgan fingerprint density at radius 1 is 1.17 bits per heavy atom. The third-order valence-corrected chi connectivity index (χ3v) is 4.70. The average Bonchev–Trinajstić information content (AvgIpc) is 3.25. The van der Waals surface area contributed by atoms with Crippen molar-refractivity contribution in [3.8, 4) is 0 Å². The van der Waals surface area contributed by atoms with E-state index in [1.165, 1.54) is 12.1 Å². The largest absolute Gasteiger partial charge is 0.481 e. The number of nitrogens with zero attached hydrogens (tertiary/aromatic N) is 3. The molecule has 0 saturated carbocycles. The number of alkyl halides is 3. The highest BCUT2D eigenvalue weighted by Crippen LogP contribution is 2.25. The van der Waals surface area contributed by atoms with Crippen molar-refractivity contribution >= 4 is 18.1 Å². The lowest BCUT2D eigenvalue weighted by molar-refractivity contribution is -0.156. The Bertz CT molecular complexity index is 1100. The van der Waals surface area contributed by atoms with Crippen LogP contribution in [0.1, 0.15) is 41.7 Å². The molecule has 0 radical (unpaired) electrons. The maximum Gasteiger partial charge on any atom is 0.446 e. The van der Waals surface area contributed by atoms with Crippen LogP contribution in [0.4, 0.5) is 23.4 Å². The van der Waals surface area contributed by atoms with E-state index in [4.69, 9.17) is 9.32 Å². The number of aldehydes is 1. The summed E-state index contributed by atoms with van der Waals surface area (Å²) < 4.78 is 50.1. The minimum absolute atomic E-state index is 0.144. The van der Waals surface area contributed by atoms with Crippen molar-refractivity contribution in [2.45, 2.75) is 44.2 Å². The Hall–Kier alpha value is -3.83. The minimum atomic E-state index is -4.64. The van der Waals surface area contributed by atoms with Crippen LogP contribution < -0.4 is 5.32 Å². The number of halogens is 4. The second-order valence-electron chi connectivity index (χ2n) is 7.44. The number of benzene rings is 1. The fourth-order valence-corrected chi connectivity index (χ4v) is 3.15. The molecule has 1 atom stereocenters. The van der Waals surface area contributed by atoms with E-state index in [1.54, 1.807) is 12.1 Å². The zero-order chi connectivity index (χ0) is 25.8. The number of aliphatic carboxylic acids is 1. The summed E-state index contributed by atoms with van der Waals surface area (Å²) in [7, 11) is 1.83. The second-order valence-corrected chi connectivity index (χ2v) is 7.44. The summed E-state index contributed by atoms with van der Waals surface area (Å²) in [6, 6.07) is 11.8. The molecule has 8 nitrogen and oxygen atoms in total. The predicted octanol–water partition coefficient (Wildman–Crippen LogP) is 4.37. The molecule has 12 heteroatoms. The van der Waals surface area contributed by atoms with Crippen molar-refractivity contribution in [1.29, 1.82) is 0 Å². The lowest BCUT2D eigenvalue weighted by atomic mass is 9.92. The second kappa shape index (κ2) is 13.2. The summed E-state index contributed by atoms with van der Waals surface area (Å²) in [5.41, 5.74) is 1.58. The summed E-state index contributed by atoms with van der Waals surface area (Å²) in [6.07, 6.45) is -3.39. The maximum absolute atomic E-state index is 13.5. The number of carboxylic acid groups (broad SMARTS) is 1. The molecule has 0 bridgehead atoms. The third kappa shape index (κ3) is 10.3. The first-order chi connectivity index (χ1) is 16.6. The molecule has 0 aliphatic rings. The number of aryl methyl sites for hydroxylation is 2. The topological polar surface area (TPSA) is 118 Å². The Morgan fingerprint density at radius 2 is 1.89 bits per heavy atom. The van der Waals surface area contributed by atoms with Gasteiger partial charge in [-0.3, -0.25) is 9.59 Å². The van der Waals surface area contributed by atoms with Crippen LogP contribution in [0.25, 0.3) is 0 Å². The van der Waals surface area contributed by atoms with Gasteiger partial charge < -0.3 is 14.9 Å². The summed E-state index contributed by atoms with van der Waals surface area (Å²) in [6.45, 7) is 0. The molecule has 1 unspecified atom stereocenters. The first-order valence-electron chi connectivity index (χ1n) is 10.5. The van der Waals surface area contributed by atoms with E-state index in [2.05, 4.69) is 20.4 Å². The molecule has 35 heavy (non-hydrogen) atoms. The van der Waals surface area contributed by atoms with Crippen LogP contribution in [0.5, 0.6) is 0 Å². The summed E-state index contributed by atoms with van der Waals surface area (Å²) in [4.78, 5) is 28.8. The lowest BCUT2D eigenvalue weighted by Crippen LogP contribution is -2.10. The average molecular weight is 496 g/mol. The first kappa shape index (κ1) is 27.4. The number of anilines is 1. The standard InChI is InChI=1S/C21H23FN4O3.C2HF3O/c1-23-18-9-3-7-17(24-18)8-4-10-19-25-20(29-26-19)12-15(13-21(27)28)14-5-2-6-16(22)11-14;3-2(4,5)1-6/h2-3,5-7,9,11,15H,4,8,10,12-13H2,1H3,(H,23,24)(H,27,28);1H. The van der Waals surface area contributed by atoms with Gasteiger partial charge >= 0.3 is 12.1 Å². The number of aromatic nitrogens is 3. The molecule has 0 aliphatic carbocycles. The van der Waals surface area contributed by atoms with Gasteiger partial charge in [0.1, 0.15) is 11.6 Å². The fourth-order valence-electron chi connectivity index (χ4n) is 3.15. The van der Waals surface area contributed by atoms with Gasteiger partial charge in [0, 0.05) is 31.5 Å². The van der Waals surface area contributed by atoms with Crippen molar-refractivity contribution in [3.05, 3.63) is 71.3 Å². The van der Waals surface area contributed by atoms with E-state index >= 15 is 0 Å². The van der Waals surface area contributed by atoms with E-state index in [9.17, 15) is 27.5 Å². The molecule has 2 aromatic heterocycles. The van der Waals surface area contributed by atoms with Crippen molar-refractivity contribution in [1.82, 2.24) is 15.1 Å². The minimum Gasteiger partial charge on any atom is -0.481 e. The number of carbonyl (C=O) groups is 2. The molecule has 0 spiro atoms. The Balaban J connectivity index is 0.000000641. The molecule has 2 N–H and O–H groups in total. The summed E-state index contributed by atoms with van der Waals surface area (Å²) in [5.74, 6) is -0.0598. The van der Waals surface area contributed by atoms with Crippen molar-refractivity contribution in [2.75, 3.05) is 12.4 Å². The highest BCUT2D eigenvalue weighted by molar-refractivity contribution is 5.68. The Kier molecular flexibility index (Phi) is 10.3. The van der Waals surface area contributed by atoms with Gasteiger partial charge in [0.25, 0.3) is 0 Å². The number of hydrogen-bond acceptors (Lipinski definition) is 7. The van der Waals surface area contributed by atoms with Gasteiger partial charge in [0.2, 0.25) is 12.2 Å². The first-order valence-corrected chi connectivity index (χ1v) is 10.5. The van der Waals surface area contributed by atoms with Crippen molar-refractivity contribution in [2.24, 2.45) is 0 Å². The molecule has 0 fully saturated rings. The molecule has 0 amide bonds. The Morgan fingerprint density at radius 3 is 2.51 bits per heavy atom. The monoisotopic (exact) mass is 496 g/mol. The highest BCUT2D eigenvalue weighted by atomic mass is 19.4. The van der Waals surface area contributed by atoms with Crippen LogP contribution in [-0.2, 0) is 28.9 Å². The molecule has 3 rings (SSSR count). The molecule has 3 aromatic rings. The van der Waals surface area contributed by atoms with Crippen LogP contribution in [-0.4, -0.2) is 45.7 Å².